The summed E-state index contributed by atoms with van der Waals surface area (Å²) < 4.78 is 33.0. The summed E-state index contributed by atoms with van der Waals surface area (Å²) in [6.07, 6.45) is 8.00. The van der Waals surface area contributed by atoms with Crippen LogP contribution in [0.25, 0.3) is 22.5 Å². The van der Waals surface area contributed by atoms with E-state index >= 15 is 0 Å². The van der Waals surface area contributed by atoms with E-state index in [0.29, 0.717) is 49.9 Å². The van der Waals surface area contributed by atoms with Crippen molar-refractivity contribution in [1.82, 2.24) is 24.5 Å². The third-order valence-electron chi connectivity index (χ3n) is 11.6. The van der Waals surface area contributed by atoms with E-state index in [1.54, 1.807) is 11.1 Å². The van der Waals surface area contributed by atoms with Gasteiger partial charge in [-0.1, -0.05) is 45.9 Å². The molecule has 1 aliphatic carbocycles. The van der Waals surface area contributed by atoms with Gasteiger partial charge in [0.05, 0.1) is 24.1 Å². The first-order valence-electron chi connectivity index (χ1n) is 23.1. The number of pyridine rings is 1. The first-order valence-corrected chi connectivity index (χ1v) is 30.5. The van der Waals surface area contributed by atoms with Crippen LogP contribution in [0.3, 0.4) is 0 Å². The first kappa shape index (κ1) is 48.5. The minimum atomic E-state index is -1.38. The third kappa shape index (κ3) is 12.6. The lowest BCUT2D eigenvalue weighted by Gasteiger charge is -2.40. The van der Waals surface area contributed by atoms with Gasteiger partial charge in [0.1, 0.15) is 42.1 Å². The number of nitrogens with zero attached hydrogens (tertiary/aromatic N) is 7. The van der Waals surface area contributed by atoms with E-state index in [1.807, 2.05) is 76.2 Å². The highest BCUT2D eigenvalue weighted by Gasteiger charge is 2.47. The molecule has 0 aromatic carbocycles. The summed E-state index contributed by atoms with van der Waals surface area (Å²) in [5.74, 6) is 1.75. The molecule has 3 aliphatic rings. The van der Waals surface area contributed by atoms with Crippen LogP contribution < -0.4 is 9.80 Å². The smallest absolute Gasteiger partial charge is 0.416 e. The predicted octanol–water partition coefficient (Wildman–Crippen LogP) is 10.8. The fourth-order valence-electron chi connectivity index (χ4n) is 8.34. The molecule has 3 fully saturated rings. The summed E-state index contributed by atoms with van der Waals surface area (Å²) in [5.41, 5.74) is 2.63. The average molecular weight is 906 g/mol. The maximum absolute atomic E-state index is 13.6. The summed E-state index contributed by atoms with van der Waals surface area (Å²) in [6.45, 7) is 34.2. The van der Waals surface area contributed by atoms with Crippen LogP contribution in [-0.4, -0.2) is 115 Å². The van der Waals surface area contributed by atoms with E-state index in [9.17, 15) is 9.59 Å². The van der Waals surface area contributed by atoms with Gasteiger partial charge in [0.15, 0.2) is 5.65 Å². The number of carbonyl (C=O) groups is 2. The Balaban J connectivity index is 1.48. The molecule has 5 heterocycles. The monoisotopic (exact) mass is 906 g/mol. The summed E-state index contributed by atoms with van der Waals surface area (Å²) >= 11 is 0. The molecular formula is C47H75N7O7Si2. The number of hydrogen-bond acceptors (Lipinski definition) is 11. The van der Waals surface area contributed by atoms with Crippen molar-refractivity contribution in [3.8, 4) is 11.1 Å². The molecule has 2 aliphatic heterocycles. The van der Waals surface area contributed by atoms with Gasteiger partial charge in [-0.05, 0) is 111 Å². The Morgan fingerprint density at radius 2 is 1.43 bits per heavy atom. The highest BCUT2D eigenvalue weighted by Crippen LogP contribution is 2.47. The molecule has 0 spiro atoms. The van der Waals surface area contributed by atoms with Gasteiger partial charge in [-0.3, -0.25) is 4.90 Å². The predicted molar refractivity (Wildman–Crippen MR) is 256 cm³/mol. The van der Waals surface area contributed by atoms with E-state index in [1.165, 1.54) is 0 Å². The maximum atomic E-state index is 13.6. The number of piperidine rings is 1. The van der Waals surface area contributed by atoms with Crippen molar-refractivity contribution in [2.75, 3.05) is 43.1 Å². The molecule has 3 aromatic rings. The van der Waals surface area contributed by atoms with Gasteiger partial charge in [0.25, 0.3) is 0 Å². The molecule has 0 radical (unpaired) electrons. The van der Waals surface area contributed by atoms with Crippen molar-refractivity contribution in [2.45, 2.75) is 174 Å². The number of fused-ring (bicyclic) bond motifs is 3. The number of amides is 2. The van der Waals surface area contributed by atoms with Crippen LogP contribution in [0.15, 0.2) is 31.1 Å². The van der Waals surface area contributed by atoms with E-state index in [0.717, 1.165) is 66.0 Å². The molecule has 63 heavy (non-hydrogen) atoms. The Bertz CT molecular complexity index is 2040. The van der Waals surface area contributed by atoms with Crippen molar-refractivity contribution >= 4 is 51.4 Å². The lowest BCUT2D eigenvalue weighted by atomic mass is 9.85. The zero-order valence-corrected chi connectivity index (χ0v) is 42.5. The molecule has 6 rings (SSSR count). The van der Waals surface area contributed by atoms with Crippen LogP contribution in [0.1, 0.15) is 104 Å². The molecule has 16 heteroatoms. The quantitative estimate of drug-likeness (QED) is 0.0523. The first-order chi connectivity index (χ1) is 29.4. The topological polar surface area (TPSA) is 133 Å². The van der Waals surface area contributed by atoms with Crippen LogP contribution in [0.5, 0.6) is 0 Å². The molecule has 2 saturated heterocycles. The van der Waals surface area contributed by atoms with Crippen molar-refractivity contribution in [2.24, 2.45) is 0 Å². The summed E-state index contributed by atoms with van der Waals surface area (Å²) in [5, 5.41) is 5.05. The zero-order valence-electron chi connectivity index (χ0n) is 40.5. The van der Waals surface area contributed by atoms with Crippen LogP contribution in [0.4, 0.5) is 21.2 Å². The lowest BCUT2D eigenvalue weighted by Crippen LogP contribution is -2.48. The molecule has 348 valence electrons. The normalized spacial score (nSPS) is 19.3. The Hall–Kier alpha value is -4.00. The Labute approximate surface area is 378 Å². The minimum absolute atomic E-state index is 0.00435. The molecule has 0 unspecified atom stereocenters. The van der Waals surface area contributed by atoms with Crippen LogP contribution in [0.2, 0.25) is 51.4 Å². The fourth-order valence-corrected chi connectivity index (χ4v) is 9.85. The average Bonchev–Trinajstić information content (AvgIpc) is 3.83. The number of rotatable bonds is 18. The van der Waals surface area contributed by atoms with Gasteiger partial charge in [-0.25, -0.2) is 19.6 Å². The second-order valence-corrected chi connectivity index (χ2v) is 33.3. The number of carbonyl (C=O) groups excluding carboxylic acids is 2. The fraction of sp³-hybridized carbons (Fsp3) is 0.681. The Morgan fingerprint density at radius 3 is 1.92 bits per heavy atom. The highest BCUT2D eigenvalue weighted by atomic mass is 28.3. The van der Waals surface area contributed by atoms with Crippen LogP contribution >= 0.6 is 0 Å². The minimum Gasteiger partial charge on any atom is -0.494 e. The van der Waals surface area contributed by atoms with Gasteiger partial charge < -0.3 is 33.5 Å². The van der Waals surface area contributed by atoms with Crippen molar-refractivity contribution in [3.05, 3.63) is 42.4 Å². The van der Waals surface area contributed by atoms with Gasteiger partial charge in [0, 0.05) is 70.7 Å². The Kier molecular flexibility index (Phi) is 14.8. The SMILES string of the molecule is C=C(OCC)c1c([C@@H]2C[C@H]3CC[C@@H](C2)N3C(=O)OC(C)(C)C)nc2c(-c3ccc(N(C(=O)OC(C)(C)C)C4CC4)nc3)cnn2c1N(COCC[Si](C)(C)C)COCC[Si](C)(C)C. The van der Waals surface area contributed by atoms with Crippen LogP contribution in [0, 0.1) is 0 Å². The summed E-state index contributed by atoms with van der Waals surface area (Å²) in [7, 11) is -2.76. The summed E-state index contributed by atoms with van der Waals surface area (Å²) in [4.78, 5) is 43.2. The van der Waals surface area contributed by atoms with Gasteiger partial charge in [-0.15, -0.1) is 0 Å². The van der Waals surface area contributed by atoms with E-state index in [-0.39, 0.29) is 43.6 Å². The van der Waals surface area contributed by atoms with Crippen LogP contribution in [-0.2, 0) is 23.7 Å². The van der Waals surface area contributed by atoms with E-state index in [2.05, 4.69) is 50.8 Å². The standard InChI is InChI=1S/C47H75N7O7Si2/c1-15-59-32(2)40-41(34-26-36-19-20-37(27-34)52(36)44(55)60-46(3,4)5)50-42-38(33-16-21-39(48-28-33)53(35-17-18-35)45(56)61-47(6,7)8)29-49-54(42)43(40)51(30-57-22-24-62(9,10)11)31-58-23-25-63(12,13)14/h16,21,28-29,34-37H,2,15,17-20,22-27,30-31H2,1,3-14H3/t34-,36-,37+. The molecular weight excluding hydrogens is 831 g/mol. The second-order valence-electron chi connectivity index (χ2n) is 22.0. The van der Waals surface area contributed by atoms with Crippen molar-refractivity contribution in [3.63, 3.8) is 0 Å². The van der Waals surface area contributed by atoms with Gasteiger partial charge >= 0.3 is 12.2 Å². The molecule has 2 bridgehead atoms. The number of aromatic nitrogens is 4. The molecule has 2 amide bonds. The van der Waals surface area contributed by atoms with E-state index in [4.69, 9.17) is 38.8 Å². The maximum Gasteiger partial charge on any atom is 0.416 e. The summed E-state index contributed by atoms with van der Waals surface area (Å²) in [6, 6.07) is 5.96. The van der Waals surface area contributed by atoms with Gasteiger partial charge in [-0.2, -0.15) is 9.61 Å². The largest absolute Gasteiger partial charge is 0.494 e. The molecule has 0 N–H and O–H groups in total. The molecule has 3 aromatic heterocycles. The van der Waals surface area contributed by atoms with Gasteiger partial charge in [0.2, 0.25) is 0 Å². The molecule has 1 saturated carbocycles. The highest BCUT2D eigenvalue weighted by molar-refractivity contribution is 6.76. The van der Waals surface area contributed by atoms with Crippen molar-refractivity contribution < 1.29 is 33.3 Å². The second kappa shape index (κ2) is 19.2. The molecule has 14 nitrogen and oxygen atoms in total. The molecule has 3 atom stereocenters. The zero-order chi connectivity index (χ0) is 46.1. The number of anilines is 2. The lowest BCUT2D eigenvalue weighted by molar-refractivity contribution is 0.00564. The van der Waals surface area contributed by atoms with Crippen molar-refractivity contribution in [1.29, 1.82) is 0 Å². The number of hydrogen-bond donors (Lipinski definition) is 0. The Morgan fingerprint density at radius 1 is 0.841 bits per heavy atom. The third-order valence-corrected chi connectivity index (χ3v) is 15.0. The number of ether oxygens (including phenoxy) is 5. The van der Waals surface area contributed by atoms with E-state index < -0.39 is 33.4 Å².